The smallest absolute Gasteiger partial charge is 0.331 e. The molecule has 142 valence electrons. The predicted molar refractivity (Wildman–Crippen MR) is 92.4 cm³/mol. The third kappa shape index (κ3) is 21.1. The molecule has 0 aliphatic rings. The van der Waals surface area contributed by atoms with Crippen molar-refractivity contribution in [3.63, 3.8) is 0 Å². The molecule has 0 amide bonds. The highest BCUT2D eigenvalue weighted by atomic mass is 16.4. The van der Waals surface area contributed by atoms with Crippen LogP contribution >= 0.6 is 0 Å². The van der Waals surface area contributed by atoms with Gasteiger partial charge in [0.25, 0.3) is 0 Å². The van der Waals surface area contributed by atoms with Crippen LogP contribution in [0.1, 0.15) is 46.0 Å². The average molecular weight is 358 g/mol. The van der Waals surface area contributed by atoms with Gasteiger partial charge >= 0.3 is 23.9 Å². The number of hydrogen-bond acceptors (Lipinski definition) is 4. The Morgan fingerprint density at radius 2 is 1.12 bits per heavy atom. The lowest BCUT2D eigenvalue weighted by Gasteiger charge is -1.95. The number of carbonyl (C=O) groups is 4. The largest absolute Gasteiger partial charge is 0.481 e. The van der Waals surface area contributed by atoms with Gasteiger partial charge < -0.3 is 20.4 Å². The number of unbranched alkanes of at least 4 members (excludes halogenated alkanes) is 1. The minimum Gasteiger partial charge on any atom is -0.481 e. The van der Waals surface area contributed by atoms with Crippen molar-refractivity contribution < 1.29 is 39.6 Å². The van der Waals surface area contributed by atoms with Gasteiger partial charge in [-0.1, -0.05) is 40.0 Å². The van der Waals surface area contributed by atoms with Gasteiger partial charge in [-0.25, -0.2) is 14.4 Å². The molecule has 0 bridgehead atoms. The summed E-state index contributed by atoms with van der Waals surface area (Å²) in [5.74, 6) is -4.22. The molecular formula is C17H26O8. The fraction of sp³-hybridized carbons (Fsp3) is 0.412. The standard InChI is InChI=1S/C7H12O2.C5H6O4.C5H8O2/c1-3-4-5-6(2)7(8)9;1-3(5(8)9)2-4(6)7;1-3-4(2)5(6)7/h2-5H2,1H3,(H,8,9);1-2H2,(H,6,7)(H,8,9);2-3H2,1H3,(H,6,7). The average Bonchev–Trinajstić information content (AvgIpc) is 2.51. The van der Waals surface area contributed by atoms with Crippen molar-refractivity contribution in [3.8, 4) is 0 Å². The number of rotatable bonds is 9. The van der Waals surface area contributed by atoms with E-state index >= 15 is 0 Å². The molecule has 0 atom stereocenters. The van der Waals surface area contributed by atoms with Gasteiger partial charge in [0.2, 0.25) is 0 Å². The summed E-state index contributed by atoms with van der Waals surface area (Å²) in [7, 11) is 0. The van der Waals surface area contributed by atoms with Crippen LogP contribution < -0.4 is 0 Å². The highest BCUT2D eigenvalue weighted by Gasteiger charge is 2.07. The fourth-order valence-corrected chi connectivity index (χ4v) is 0.906. The lowest BCUT2D eigenvalue weighted by atomic mass is 10.1. The predicted octanol–water partition coefficient (Wildman–Crippen LogP) is 2.96. The minimum absolute atomic E-state index is 0.264. The zero-order chi connectivity index (χ0) is 20.6. The first-order valence-corrected chi connectivity index (χ1v) is 7.35. The summed E-state index contributed by atoms with van der Waals surface area (Å²) in [5.41, 5.74) is 0.277. The van der Waals surface area contributed by atoms with Crippen LogP contribution in [0.2, 0.25) is 0 Å². The van der Waals surface area contributed by atoms with Crippen LogP contribution in [0.15, 0.2) is 36.5 Å². The molecule has 0 aliphatic carbocycles. The van der Waals surface area contributed by atoms with Crippen molar-refractivity contribution in [1.82, 2.24) is 0 Å². The number of carboxylic acids is 4. The van der Waals surface area contributed by atoms with Gasteiger partial charge in [-0.2, -0.15) is 0 Å². The van der Waals surface area contributed by atoms with Crippen molar-refractivity contribution in [3.05, 3.63) is 36.5 Å². The van der Waals surface area contributed by atoms with Gasteiger partial charge in [0.15, 0.2) is 0 Å². The molecule has 0 fully saturated rings. The van der Waals surface area contributed by atoms with E-state index in [-0.39, 0.29) is 11.1 Å². The normalized spacial score (nSPS) is 8.56. The topological polar surface area (TPSA) is 149 Å². The van der Waals surface area contributed by atoms with Crippen LogP contribution in [0, 0.1) is 0 Å². The van der Waals surface area contributed by atoms with Crippen molar-refractivity contribution in [2.24, 2.45) is 0 Å². The fourth-order valence-electron chi connectivity index (χ4n) is 0.906. The summed E-state index contributed by atoms with van der Waals surface area (Å²) >= 11 is 0. The summed E-state index contributed by atoms with van der Waals surface area (Å²) in [4.78, 5) is 39.6. The first kappa shape index (κ1) is 27.0. The Bertz CT molecular complexity index is 517. The minimum atomic E-state index is -1.27. The Labute approximate surface area is 146 Å². The Morgan fingerprint density at radius 1 is 0.720 bits per heavy atom. The first-order valence-electron chi connectivity index (χ1n) is 7.35. The van der Waals surface area contributed by atoms with Gasteiger partial charge in [0.05, 0.1) is 6.42 Å². The Kier molecular flexibility index (Phi) is 17.2. The molecule has 0 aromatic carbocycles. The molecule has 0 aromatic heterocycles. The summed E-state index contributed by atoms with van der Waals surface area (Å²) < 4.78 is 0. The van der Waals surface area contributed by atoms with Gasteiger partial charge in [-0.15, -0.1) is 0 Å². The van der Waals surface area contributed by atoms with E-state index in [1.165, 1.54) is 0 Å². The second-order valence-electron chi connectivity index (χ2n) is 4.75. The van der Waals surface area contributed by atoms with Gasteiger partial charge in [0, 0.05) is 16.7 Å². The lowest BCUT2D eigenvalue weighted by molar-refractivity contribution is -0.139. The SMILES string of the molecule is C=C(CC(=O)O)C(=O)O.C=C(CC)C(=O)O.C=C(CCCC)C(=O)O. The molecule has 0 aromatic rings. The highest BCUT2D eigenvalue weighted by Crippen LogP contribution is 2.03. The van der Waals surface area contributed by atoms with E-state index < -0.39 is 30.3 Å². The van der Waals surface area contributed by atoms with Crippen LogP contribution in [0.4, 0.5) is 0 Å². The Balaban J connectivity index is -0.000000293. The molecule has 4 N–H and O–H groups in total. The first-order chi connectivity index (χ1) is 11.4. The summed E-state index contributed by atoms with van der Waals surface area (Å²) in [6.45, 7) is 13.5. The van der Waals surface area contributed by atoms with Gasteiger partial charge in [0.1, 0.15) is 0 Å². The molecule has 0 unspecified atom stereocenters. The monoisotopic (exact) mass is 358 g/mol. The van der Waals surface area contributed by atoms with Crippen LogP contribution in [0.25, 0.3) is 0 Å². The summed E-state index contributed by atoms with van der Waals surface area (Å²) in [5, 5.41) is 32.5. The van der Waals surface area contributed by atoms with Crippen molar-refractivity contribution >= 4 is 23.9 Å². The molecule has 8 heteroatoms. The molecule has 0 saturated carbocycles. The van der Waals surface area contributed by atoms with E-state index in [4.69, 9.17) is 20.4 Å². The number of aliphatic carboxylic acids is 4. The highest BCUT2D eigenvalue weighted by molar-refractivity contribution is 5.91. The molecule has 0 spiro atoms. The van der Waals surface area contributed by atoms with Crippen LogP contribution in [-0.4, -0.2) is 44.3 Å². The zero-order valence-electron chi connectivity index (χ0n) is 14.6. The van der Waals surface area contributed by atoms with E-state index in [1.807, 2.05) is 6.92 Å². The molecule has 25 heavy (non-hydrogen) atoms. The molecule has 8 nitrogen and oxygen atoms in total. The van der Waals surface area contributed by atoms with E-state index in [2.05, 4.69) is 19.7 Å². The number of hydrogen-bond donors (Lipinski definition) is 4. The van der Waals surface area contributed by atoms with Gasteiger partial charge in [-0.3, -0.25) is 4.79 Å². The third-order valence-corrected chi connectivity index (χ3v) is 2.53. The Hall–Kier alpha value is -2.90. The van der Waals surface area contributed by atoms with Crippen LogP contribution in [-0.2, 0) is 19.2 Å². The lowest BCUT2D eigenvalue weighted by Crippen LogP contribution is -2.04. The number of carboxylic acid groups (broad SMARTS) is 4. The molecule has 0 heterocycles. The van der Waals surface area contributed by atoms with E-state index in [9.17, 15) is 19.2 Å². The van der Waals surface area contributed by atoms with Crippen molar-refractivity contribution in [2.75, 3.05) is 0 Å². The Morgan fingerprint density at radius 3 is 1.28 bits per heavy atom. The summed E-state index contributed by atoms with van der Waals surface area (Å²) in [6.07, 6.45) is 2.58. The molecule has 0 aliphatic heterocycles. The van der Waals surface area contributed by atoms with Crippen molar-refractivity contribution in [2.45, 2.75) is 46.0 Å². The maximum Gasteiger partial charge on any atom is 0.331 e. The second-order valence-corrected chi connectivity index (χ2v) is 4.75. The van der Waals surface area contributed by atoms with E-state index in [1.54, 1.807) is 6.92 Å². The van der Waals surface area contributed by atoms with Crippen LogP contribution in [0.3, 0.4) is 0 Å². The van der Waals surface area contributed by atoms with E-state index in [0.29, 0.717) is 18.4 Å². The maximum atomic E-state index is 10.1. The van der Waals surface area contributed by atoms with Gasteiger partial charge in [-0.05, 0) is 19.3 Å². The third-order valence-electron chi connectivity index (χ3n) is 2.53. The zero-order valence-corrected chi connectivity index (χ0v) is 14.6. The van der Waals surface area contributed by atoms with E-state index in [0.717, 1.165) is 12.8 Å². The second kappa shape index (κ2) is 16.0. The maximum absolute atomic E-state index is 10.1. The van der Waals surface area contributed by atoms with Crippen molar-refractivity contribution in [1.29, 1.82) is 0 Å². The quantitative estimate of drug-likeness (QED) is 0.459. The van der Waals surface area contributed by atoms with Crippen LogP contribution in [0.5, 0.6) is 0 Å². The molecular weight excluding hydrogens is 332 g/mol. The molecule has 0 radical (unpaired) electrons. The summed E-state index contributed by atoms with van der Waals surface area (Å²) in [6, 6.07) is 0. The molecule has 0 rings (SSSR count). The molecule has 0 saturated heterocycles.